The summed E-state index contributed by atoms with van der Waals surface area (Å²) in [5.74, 6) is 1.12. The predicted molar refractivity (Wildman–Crippen MR) is 59.1 cm³/mol. The minimum absolute atomic E-state index is 0.411. The number of benzene rings is 1. The van der Waals surface area contributed by atoms with E-state index in [2.05, 4.69) is 27.7 Å². The van der Waals surface area contributed by atoms with Crippen LogP contribution in [0, 0.1) is 3.57 Å². The average molecular weight is 286 g/mol. The minimum atomic E-state index is 0.411. The smallest absolute Gasteiger partial charge is 0.169 e. The van der Waals surface area contributed by atoms with Gasteiger partial charge in [-0.15, -0.1) is 0 Å². The van der Waals surface area contributed by atoms with Crippen molar-refractivity contribution in [2.45, 2.75) is 0 Å². The molecule has 0 bridgehead atoms. The average Bonchev–Trinajstić information content (AvgIpc) is 2.52. The van der Waals surface area contributed by atoms with Gasteiger partial charge in [-0.1, -0.05) is 17.3 Å². The second kappa shape index (κ2) is 3.37. The van der Waals surface area contributed by atoms with Crippen LogP contribution < -0.4 is 5.73 Å². The first-order chi connectivity index (χ1) is 6.25. The topological polar surface area (TPSA) is 52.0 Å². The van der Waals surface area contributed by atoms with Crippen LogP contribution in [-0.2, 0) is 0 Å². The Morgan fingerprint density at radius 1 is 1.31 bits per heavy atom. The van der Waals surface area contributed by atoms with Gasteiger partial charge in [0.2, 0.25) is 0 Å². The number of nitrogens with zero attached hydrogens (tertiary/aromatic N) is 1. The number of nitrogen functional groups attached to an aromatic ring is 1. The molecule has 2 aromatic rings. The van der Waals surface area contributed by atoms with Crippen LogP contribution in [-0.4, -0.2) is 5.16 Å². The molecule has 0 radical (unpaired) electrons. The molecule has 0 saturated heterocycles. The number of halogens is 1. The van der Waals surface area contributed by atoms with Gasteiger partial charge in [-0.3, -0.25) is 0 Å². The fourth-order valence-electron chi connectivity index (χ4n) is 1.07. The molecule has 66 valence electrons. The first-order valence-electron chi connectivity index (χ1n) is 3.74. The maximum Gasteiger partial charge on any atom is 0.169 e. The van der Waals surface area contributed by atoms with Gasteiger partial charge in [0.1, 0.15) is 0 Å². The summed E-state index contributed by atoms with van der Waals surface area (Å²) in [6, 6.07) is 9.67. The minimum Gasteiger partial charge on any atom is -0.381 e. The lowest BCUT2D eigenvalue weighted by molar-refractivity contribution is 0.436. The van der Waals surface area contributed by atoms with E-state index in [0.717, 1.165) is 9.13 Å². The molecule has 0 unspecified atom stereocenters. The summed E-state index contributed by atoms with van der Waals surface area (Å²) in [6.07, 6.45) is 0. The highest BCUT2D eigenvalue weighted by Gasteiger charge is 2.03. The highest BCUT2D eigenvalue weighted by atomic mass is 127. The summed E-state index contributed by atoms with van der Waals surface area (Å²) in [5, 5.41) is 3.62. The maximum atomic E-state index is 5.45. The van der Waals surface area contributed by atoms with E-state index in [1.54, 1.807) is 6.07 Å². The Hall–Kier alpha value is -1.04. The molecule has 0 spiro atoms. The Labute approximate surface area is 89.1 Å². The van der Waals surface area contributed by atoms with Crippen LogP contribution in [0.3, 0.4) is 0 Å². The summed E-state index contributed by atoms with van der Waals surface area (Å²) in [5.41, 5.74) is 6.44. The van der Waals surface area contributed by atoms with Crippen molar-refractivity contribution >= 4 is 28.4 Å². The van der Waals surface area contributed by atoms with E-state index in [0.29, 0.717) is 11.6 Å². The molecule has 13 heavy (non-hydrogen) atoms. The summed E-state index contributed by atoms with van der Waals surface area (Å²) < 4.78 is 6.18. The Balaban J connectivity index is 2.46. The molecule has 1 aromatic heterocycles. The van der Waals surface area contributed by atoms with Crippen LogP contribution >= 0.6 is 22.6 Å². The first-order valence-corrected chi connectivity index (χ1v) is 4.82. The second-order valence-electron chi connectivity index (χ2n) is 2.63. The van der Waals surface area contributed by atoms with Crippen LogP contribution in [0.1, 0.15) is 0 Å². The lowest BCUT2D eigenvalue weighted by atomic mass is 10.2. The predicted octanol–water partition coefficient (Wildman–Crippen LogP) is 2.53. The summed E-state index contributed by atoms with van der Waals surface area (Å²) in [7, 11) is 0. The van der Waals surface area contributed by atoms with E-state index in [-0.39, 0.29) is 0 Å². The van der Waals surface area contributed by atoms with Crippen molar-refractivity contribution in [2.24, 2.45) is 0 Å². The fourth-order valence-corrected chi connectivity index (χ4v) is 1.61. The number of aromatic nitrogens is 1. The van der Waals surface area contributed by atoms with E-state index >= 15 is 0 Å². The quantitative estimate of drug-likeness (QED) is 0.819. The number of hydrogen-bond donors (Lipinski definition) is 1. The largest absolute Gasteiger partial charge is 0.381 e. The van der Waals surface area contributed by atoms with E-state index in [9.17, 15) is 0 Å². The molecule has 0 amide bonds. The molecular weight excluding hydrogens is 279 g/mol. The molecule has 0 aliphatic carbocycles. The zero-order valence-electron chi connectivity index (χ0n) is 6.70. The van der Waals surface area contributed by atoms with E-state index in [1.807, 2.05) is 24.3 Å². The molecule has 4 heteroatoms. The fraction of sp³-hybridized carbons (Fsp3) is 0. The van der Waals surface area contributed by atoms with Crippen LogP contribution in [0.5, 0.6) is 0 Å². The molecule has 2 rings (SSSR count). The standard InChI is InChI=1S/C9H7IN2O/c10-7-3-1-2-6(4-7)8-5-9(11)12-13-8/h1-5H,(H2,11,12). The van der Waals surface area contributed by atoms with Crippen LogP contribution in [0.4, 0.5) is 5.82 Å². The van der Waals surface area contributed by atoms with Gasteiger partial charge in [-0.05, 0) is 34.7 Å². The van der Waals surface area contributed by atoms with Crippen molar-refractivity contribution < 1.29 is 4.52 Å². The van der Waals surface area contributed by atoms with Crippen LogP contribution in [0.25, 0.3) is 11.3 Å². The van der Waals surface area contributed by atoms with Gasteiger partial charge in [0, 0.05) is 15.2 Å². The Bertz CT molecular complexity index is 425. The van der Waals surface area contributed by atoms with Gasteiger partial charge < -0.3 is 10.3 Å². The van der Waals surface area contributed by atoms with Gasteiger partial charge in [0.15, 0.2) is 11.6 Å². The highest BCUT2D eigenvalue weighted by molar-refractivity contribution is 14.1. The first kappa shape index (κ1) is 8.55. The monoisotopic (exact) mass is 286 g/mol. The highest BCUT2D eigenvalue weighted by Crippen LogP contribution is 2.22. The summed E-state index contributed by atoms with van der Waals surface area (Å²) in [6.45, 7) is 0. The third-order valence-corrected chi connectivity index (χ3v) is 2.31. The molecule has 0 aliphatic heterocycles. The van der Waals surface area contributed by atoms with Gasteiger partial charge in [-0.25, -0.2) is 0 Å². The number of nitrogens with two attached hydrogens (primary N) is 1. The second-order valence-corrected chi connectivity index (χ2v) is 3.87. The lowest BCUT2D eigenvalue weighted by Crippen LogP contribution is -1.80. The molecule has 0 atom stereocenters. The van der Waals surface area contributed by atoms with Crippen molar-refractivity contribution in [3.05, 3.63) is 33.9 Å². The Morgan fingerprint density at radius 2 is 2.15 bits per heavy atom. The van der Waals surface area contributed by atoms with Crippen molar-refractivity contribution in [3.8, 4) is 11.3 Å². The summed E-state index contributed by atoms with van der Waals surface area (Å²) in [4.78, 5) is 0. The van der Waals surface area contributed by atoms with Crippen molar-refractivity contribution in [2.75, 3.05) is 5.73 Å². The van der Waals surface area contributed by atoms with Crippen molar-refractivity contribution in [3.63, 3.8) is 0 Å². The zero-order chi connectivity index (χ0) is 9.26. The SMILES string of the molecule is Nc1cc(-c2cccc(I)c2)on1. The van der Waals surface area contributed by atoms with Gasteiger partial charge in [0.05, 0.1) is 0 Å². The molecule has 1 heterocycles. The van der Waals surface area contributed by atoms with Gasteiger partial charge >= 0.3 is 0 Å². The Morgan fingerprint density at radius 3 is 2.77 bits per heavy atom. The maximum absolute atomic E-state index is 5.45. The van der Waals surface area contributed by atoms with Crippen LogP contribution in [0.2, 0.25) is 0 Å². The molecule has 0 fully saturated rings. The number of anilines is 1. The van der Waals surface area contributed by atoms with E-state index in [4.69, 9.17) is 10.3 Å². The normalized spacial score (nSPS) is 10.2. The Kier molecular flexibility index (Phi) is 2.22. The van der Waals surface area contributed by atoms with E-state index < -0.39 is 0 Å². The summed E-state index contributed by atoms with van der Waals surface area (Å²) >= 11 is 2.25. The molecule has 0 saturated carbocycles. The molecule has 2 N–H and O–H groups in total. The lowest BCUT2D eigenvalue weighted by Gasteiger charge is -1.94. The van der Waals surface area contributed by atoms with Crippen molar-refractivity contribution in [1.82, 2.24) is 5.16 Å². The van der Waals surface area contributed by atoms with Gasteiger partial charge in [-0.2, -0.15) is 0 Å². The third-order valence-electron chi connectivity index (χ3n) is 1.64. The van der Waals surface area contributed by atoms with Crippen molar-refractivity contribution in [1.29, 1.82) is 0 Å². The molecule has 3 nitrogen and oxygen atoms in total. The third kappa shape index (κ3) is 1.82. The number of rotatable bonds is 1. The zero-order valence-corrected chi connectivity index (χ0v) is 8.86. The molecule has 1 aromatic carbocycles. The van der Waals surface area contributed by atoms with Gasteiger partial charge in [0.25, 0.3) is 0 Å². The molecular formula is C9H7IN2O. The number of hydrogen-bond acceptors (Lipinski definition) is 3. The molecule has 0 aliphatic rings. The van der Waals surface area contributed by atoms with E-state index in [1.165, 1.54) is 0 Å². The van der Waals surface area contributed by atoms with Crippen LogP contribution in [0.15, 0.2) is 34.9 Å².